The van der Waals surface area contributed by atoms with Gasteiger partial charge in [-0.2, -0.15) is 0 Å². The number of imide groups is 1. The van der Waals surface area contributed by atoms with Crippen LogP contribution in [0.2, 0.25) is 0 Å². The van der Waals surface area contributed by atoms with E-state index in [1.54, 1.807) is 0 Å². The van der Waals surface area contributed by atoms with Crippen LogP contribution in [0.5, 0.6) is 0 Å². The van der Waals surface area contributed by atoms with E-state index in [4.69, 9.17) is 0 Å². The molecule has 2 heterocycles. The topological polar surface area (TPSA) is 95.6 Å². The summed E-state index contributed by atoms with van der Waals surface area (Å²) in [5.41, 5.74) is 0. The van der Waals surface area contributed by atoms with Gasteiger partial charge in [0.25, 0.3) is 0 Å². The molecule has 0 saturated carbocycles. The molecule has 19 heavy (non-hydrogen) atoms. The lowest BCUT2D eigenvalue weighted by molar-refractivity contribution is -0.138. The molecule has 2 N–H and O–H groups in total. The van der Waals surface area contributed by atoms with Gasteiger partial charge in [-0.15, -0.1) is 0 Å². The molecular formula is C12H17N3O4. The fourth-order valence-corrected chi connectivity index (χ4v) is 2.24. The first kappa shape index (κ1) is 13.5. The summed E-state index contributed by atoms with van der Waals surface area (Å²) >= 11 is 0. The molecule has 2 aliphatic heterocycles. The molecule has 1 unspecified atom stereocenters. The van der Waals surface area contributed by atoms with E-state index >= 15 is 0 Å². The molecule has 0 aliphatic carbocycles. The molecule has 7 heteroatoms. The zero-order valence-electron chi connectivity index (χ0n) is 10.6. The highest BCUT2D eigenvalue weighted by atomic mass is 16.2. The van der Waals surface area contributed by atoms with E-state index < -0.39 is 0 Å². The van der Waals surface area contributed by atoms with Gasteiger partial charge in [0.2, 0.25) is 23.6 Å². The van der Waals surface area contributed by atoms with Gasteiger partial charge in [0.1, 0.15) is 0 Å². The van der Waals surface area contributed by atoms with E-state index in [1.807, 2.05) is 0 Å². The molecule has 0 bridgehead atoms. The van der Waals surface area contributed by atoms with Crippen LogP contribution in [-0.4, -0.2) is 47.7 Å². The van der Waals surface area contributed by atoms with Crippen molar-refractivity contribution >= 4 is 23.6 Å². The highest BCUT2D eigenvalue weighted by Crippen LogP contribution is 2.11. The van der Waals surface area contributed by atoms with E-state index in [0.29, 0.717) is 19.4 Å². The van der Waals surface area contributed by atoms with E-state index in [2.05, 4.69) is 10.6 Å². The third-order valence-electron chi connectivity index (χ3n) is 3.35. The fraction of sp³-hybridized carbons (Fsp3) is 0.667. The molecule has 2 fully saturated rings. The van der Waals surface area contributed by atoms with Gasteiger partial charge in [-0.25, -0.2) is 0 Å². The Labute approximate surface area is 110 Å². The van der Waals surface area contributed by atoms with Crippen LogP contribution in [0.4, 0.5) is 0 Å². The minimum Gasteiger partial charge on any atom is -0.354 e. The van der Waals surface area contributed by atoms with Crippen molar-refractivity contribution in [3.8, 4) is 0 Å². The zero-order valence-corrected chi connectivity index (χ0v) is 10.6. The van der Waals surface area contributed by atoms with Crippen molar-refractivity contribution in [2.75, 3.05) is 13.1 Å². The van der Waals surface area contributed by atoms with Gasteiger partial charge in [0.05, 0.1) is 0 Å². The number of carbonyl (C=O) groups excluding carboxylic acids is 4. The molecule has 0 aromatic rings. The lowest BCUT2D eigenvalue weighted by Gasteiger charge is -2.23. The Morgan fingerprint density at radius 2 is 1.89 bits per heavy atom. The molecule has 0 aromatic carbocycles. The summed E-state index contributed by atoms with van der Waals surface area (Å²) in [6.07, 6.45) is 1.64. The SMILES string of the molecule is O=C1CCC(NC(=O)CCN2C(=O)CCC2=O)CN1. The number of rotatable bonds is 4. The summed E-state index contributed by atoms with van der Waals surface area (Å²) in [6.45, 7) is 0.578. The van der Waals surface area contributed by atoms with Crippen LogP contribution in [0.15, 0.2) is 0 Å². The maximum atomic E-state index is 11.7. The summed E-state index contributed by atoms with van der Waals surface area (Å²) in [4.78, 5) is 46.5. The summed E-state index contributed by atoms with van der Waals surface area (Å²) in [5.74, 6) is -0.613. The summed E-state index contributed by atoms with van der Waals surface area (Å²) in [7, 11) is 0. The Morgan fingerprint density at radius 3 is 2.47 bits per heavy atom. The first-order valence-electron chi connectivity index (χ1n) is 6.45. The quantitative estimate of drug-likeness (QED) is 0.633. The summed E-state index contributed by atoms with van der Waals surface area (Å²) in [6, 6.07) is -0.0600. The molecule has 2 saturated heterocycles. The van der Waals surface area contributed by atoms with Crippen molar-refractivity contribution in [2.45, 2.75) is 38.1 Å². The van der Waals surface area contributed by atoms with Crippen molar-refractivity contribution in [2.24, 2.45) is 0 Å². The largest absolute Gasteiger partial charge is 0.354 e. The van der Waals surface area contributed by atoms with Gasteiger partial charge in [0, 0.05) is 44.8 Å². The molecule has 104 valence electrons. The van der Waals surface area contributed by atoms with Crippen molar-refractivity contribution in [3.05, 3.63) is 0 Å². The lowest BCUT2D eigenvalue weighted by atomic mass is 10.1. The maximum absolute atomic E-state index is 11.7. The average Bonchev–Trinajstić information content (AvgIpc) is 2.70. The first-order valence-corrected chi connectivity index (χ1v) is 6.45. The minimum absolute atomic E-state index is 0.00115. The molecule has 2 aliphatic rings. The molecule has 0 spiro atoms. The third-order valence-corrected chi connectivity index (χ3v) is 3.35. The highest BCUT2D eigenvalue weighted by Gasteiger charge is 2.29. The van der Waals surface area contributed by atoms with Crippen LogP contribution in [0.3, 0.4) is 0 Å². The highest BCUT2D eigenvalue weighted by molar-refractivity contribution is 6.02. The van der Waals surface area contributed by atoms with E-state index in [0.717, 1.165) is 4.90 Å². The number of hydrogen-bond donors (Lipinski definition) is 2. The Bertz CT molecular complexity index is 395. The number of nitrogens with zero attached hydrogens (tertiary/aromatic N) is 1. The van der Waals surface area contributed by atoms with Crippen LogP contribution >= 0.6 is 0 Å². The third kappa shape index (κ3) is 3.52. The Hall–Kier alpha value is -1.92. The van der Waals surface area contributed by atoms with Gasteiger partial charge in [-0.1, -0.05) is 0 Å². The molecule has 0 aromatic heterocycles. The number of piperidine rings is 1. The Balaban J connectivity index is 1.71. The smallest absolute Gasteiger partial charge is 0.229 e. The second kappa shape index (κ2) is 5.81. The molecular weight excluding hydrogens is 250 g/mol. The van der Waals surface area contributed by atoms with Crippen molar-refractivity contribution in [1.29, 1.82) is 0 Å². The molecule has 7 nitrogen and oxygen atoms in total. The predicted molar refractivity (Wildman–Crippen MR) is 64.7 cm³/mol. The van der Waals surface area contributed by atoms with Crippen molar-refractivity contribution in [3.63, 3.8) is 0 Å². The molecule has 2 rings (SSSR count). The van der Waals surface area contributed by atoms with Crippen LogP contribution in [0, 0.1) is 0 Å². The van der Waals surface area contributed by atoms with E-state index in [-0.39, 0.29) is 55.5 Å². The van der Waals surface area contributed by atoms with Gasteiger partial charge >= 0.3 is 0 Å². The second-order valence-electron chi connectivity index (χ2n) is 4.80. The Kier molecular flexibility index (Phi) is 4.13. The van der Waals surface area contributed by atoms with Crippen molar-refractivity contribution < 1.29 is 19.2 Å². The van der Waals surface area contributed by atoms with Gasteiger partial charge in [-0.3, -0.25) is 24.1 Å². The van der Waals surface area contributed by atoms with Gasteiger partial charge in [-0.05, 0) is 6.42 Å². The van der Waals surface area contributed by atoms with Crippen LogP contribution in [0.1, 0.15) is 32.1 Å². The monoisotopic (exact) mass is 267 g/mol. The molecule has 1 atom stereocenters. The number of amides is 4. The predicted octanol–water partition coefficient (Wildman–Crippen LogP) is -1.08. The number of hydrogen-bond acceptors (Lipinski definition) is 4. The summed E-state index contributed by atoms with van der Waals surface area (Å²) in [5, 5.41) is 5.47. The molecule has 0 radical (unpaired) electrons. The minimum atomic E-state index is -0.206. The number of carbonyl (C=O) groups is 4. The Morgan fingerprint density at radius 1 is 1.21 bits per heavy atom. The number of likely N-dealkylation sites (tertiary alicyclic amines) is 1. The van der Waals surface area contributed by atoms with Crippen molar-refractivity contribution in [1.82, 2.24) is 15.5 Å². The number of nitrogens with one attached hydrogen (secondary N) is 2. The van der Waals surface area contributed by atoms with Crippen LogP contribution in [-0.2, 0) is 19.2 Å². The van der Waals surface area contributed by atoms with E-state index in [1.165, 1.54) is 0 Å². The van der Waals surface area contributed by atoms with Gasteiger partial charge in [0.15, 0.2) is 0 Å². The summed E-state index contributed by atoms with van der Waals surface area (Å²) < 4.78 is 0. The maximum Gasteiger partial charge on any atom is 0.229 e. The van der Waals surface area contributed by atoms with E-state index in [9.17, 15) is 19.2 Å². The normalized spacial score (nSPS) is 23.5. The fourth-order valence-electron chi connectivity index (χ4n) is 2.24. The first-order chi connectivity index (χ1) is 9.06. The average molecular weight is 267 g/mol. The lowest BCUT2D eigenvalue weighted by Crippen LogP contribution is -2.48. The zero-order chi connectivity index (χ0) is 13.8. The standard InChI is InChI=1S/C12H17N3O4/c16-9-2-1-8(7-13-9)14-10(17)5-6-15-11(18)3-4-12(15)19/h8H,1-7H2,(H,13,16)(H,14,17). The second-order valence-corrected chi connectivity index (χ2v) is 4.80. The van der Waals surface area contributed by atoms with Gasteiger partial charge < -0.3 is 10.6 Å². The van der Waals surface area contributed by atoms with Crippen LogP contribution in [0.25, 0.3) is 0 Å². The molecule has 4 amide bonds. The van der Waals surface area contributed by atoms with Crippen LogP contribution < -0.4 is 10.6 Å².